The van der Waals surface area contributed by atoms with Crippen molar-refractivity contribution in [2.45, 2.75) is 31.2 Å². The van der Waals surface area contributed by atoms with Crippen LogP contribution in [0.3, 0.4) is 0 Å². The van der Waals surface area contributed by atoms with Crippen molar-refractivity contribution in [2.75, 3.05) is 18.8 Å². The third kappa shape index (κ3) is 3.32. The quantitative estimate of drug-likeness (QED) is 0.548. The van der Waals surface area contributed by atoms with Crippen LogP contribution < -0.4 is 10.6 Å². The zero-order valence-electron chi connectivity index (χ0n) is 11.3. The van der Waals surface area contributed by atoms with Gasteiger partial charge in [-0.15, -0.1) is 0 Å². The molecule has 2 fully saturated rings. The Balaban J connectivity index is 2.05. The van der Waals surface area contributed by atoms with E-state index in [0.717, 1.165) is 4.31 Å². The summed E-state index contributed by atoms with van der Waals surface area (Å²) in [4.78, 5) is 33.5. The van der Waals surface area contributed by atoms with Gasteiger partial charge in [0.1, 0.15) is 5.54 Å². The summed E-state index contributed by atoms with van der Waals surface area (Å²) in [7, 11) is -3.64. The maximum Gasteiger partial charge on any atom is 0.322 e. The monoisotopic (exact) mass is 319 g/mol. The molecule has 21 heavy (non-hydrogen) atoms. The Hall–Kier alpha value is -1.68. The Kier molecular flexibility index (Phi) is 4.19. The summed E-state index contributed by atoms with van der Waals surface area (Å²) in [5.74, 6) is -1.86. The lowest BCUT2D eigenvalue weighted by atomic mass is 9.90. The highest BCUT2D eigenvalue weighted by molar-refractivity contribution is 7.89. The molecule has 2 aliphatic rings. The molecule has 0 aromatic rings. The molecule has 9 nitrogen and oxygen atoms in total. The van der Waals surface area contributed by atoms with Crippen molar-refractivity contribution in [3.63, 3.8) is 0 Å². The number of hydrogen-bond acceptors (Lipinski definition) is 5. The lowest BCUT2D eigenvalue weighted by molar-refractivity contribution is -0.137. The molecular weight excluding hydrogens is 302 g/mol. The molecule has 0 aliphatic carbocycles. The molecule has 0 saturated carbocycles. The van der Waals surface area contributed by atoms with Crippen LogP contribution in [-0.4, -0.2) is 60.1 Å². The topological polar surface area (TPSA) is 133 Å². The van der Waals surface area contributed by atoms with Crippen LogP contribution in [0.2, 0.25) is 0 Å². The van der Waals surface area contributed by atoms with Gasteiger partial charge in [-0.25, -0.2) is 13.2 Å². The molecule has 2 aliphatic heterocycles. The second-order valence-electron chi connectivity index (χ2n) is 5.24. The second-order valence-corrected chi connectivity index (χ2v) is 7.33. The van der Waals surface area contributed by atoms with Crippen molar-refractivity contribution in [3.8, 4) is 0 Å². The Bertz CT molecular complexity index is 575. The number of imide groups is 1. The van der Waals surface area contributed by atoms with Crippen molar-refractivity contribution in [1.82, 2.24) is 14.9 Å². The van der Waals surface area contributed by atoms with Crippen LogP contribution in [0.5, 0.6) is 0 Å². The Morgan fingerprint density at radius 1 is 1.38 bits per heavy atom. The van der Waals surface area contributed by atoms with E-state index < -0.39 is 33.5 Å². The molecule has 2 saturated heterocycles. The first-order chi connectivity index (χ1) is 9.75. The van der Waals surface area contributed by atoms with Crippen LogP contribution in [0.1, 0.15) is 25.7 Å². The molecule has 10 heteroatoms. The number of carboxylic acids is 1. The van der Waals surface area contributed by atoms with Crippen LogP contribution in [-0.2, 0) is 19.6 Å². The zero-order valence-corrected chi connectivity index (χ0v) is 12.1. The lowest BCUT2D eigenvalue weighted by Crippen LogP contribution is -2.59. The van der Waals surface area contributed by atoms with Crippen LogP contribution in [0.4, 0.5) is 4.79 Å². The standard InChI is InChI=1S/C11H17N3O6S/c15-8(16)3-1-6-21(19,20)14-5-2-4-11(7-14)9(17)12-10(18)13-11/h1-7H2,(H,15,16)(H2,12,13,17,18). The molecule has 118 valence electrons. The lowest BCUT2D eigenvalue weighted by Gasteiger charge is -2.37. The number of carboxylic acid groups (broad SMARTS) is 1. The fourth-order valence-corrected chi connectivity index (χ4v) is 4.20. The number of hydrogen-bond donors (Lipinski definition) is 3. The smallest absolute Gasteiger partial charge is 0.322 e. The summed E-state index contributed by atoms with van der Waals surface area (Å²) in [6.45, 7) is 0.153. The summed E-state index contributed by atoms with van der Waals surface area (Å²) < 4.78 is 25.5. The number of rotatable bonds is 5. The number of sulfonamides is 1. The number of urea groups is 1. The van der Waals surface area contributed by atoms with E-state index in [1.807, 2.05) is 0 Å². The summed E-state index contributed by atoms with van der Waals surface area (Å²) in [5, 5.41) is 13.2. The van der Waals surface area contributed by atoms with Gasteiger partial charge in [-0.1, -0.05) is 0 Å². The maximum absolute atomic E-state index is 12.2. The number of aliphatic carboxylic acids is 1. The minimum absolute atomic E-state index is 0.0136. The van der Waals surface area contributed by atoms with Gasteiger partial charge in [0.05, 0.1) is 5.75 Å². The van der Waals surface area contributed by atoms with Crippen LogP contribution >= 0.6 is 0 Å². The van der Waals surface area contributed by atoms with Gasteiger partial charge in [0.25, 0.3) is 5.91 Å². The average Bonchev–Trinajstić information content (AvgIpc) is 2.63. The largest absolute Gasteiger partial charge is 0.481 e. The van der Waals surface area contributed by atoms with Gasteiger partial charge < -0.3 is 10.4 Å². The van der Waals surface area contributed by atoms with E-state index >= 15 is 0 Å². The average molecular weight is 319 g/mol. The van der Waals surface area contributed by atoms with E-state index in [-0.39, 0.29) is 31.7 Å². The van der Waals surface area contributed by atoms with Crippen LogP contribution in [0, 0.1) is 0 Å². The van der Waals surface area contributed by atoms with Gasteiger partial charge in [-0.05, 0) is 19.3 Å². The molecule has 1 unspecified atom stereocenters. The SMILES string of the molecule is O=C(O)CCCS(=O)(=O)N1CCCC2(C1)NC(=O)NC2=O. The molecule has 3 N–H and O–H groups in total. The highest BCUT2D eigenvalue weighted by Gasteiger charge is 2.50. The highest BCUT2D eigenvalue weighted by atomic mass is 32.2. The molecule has 0 aromatic heterocycles. The van der Waals surface area contributed by atoms with E-state index in [1.165, 1.54) is 0 Å². The maximum atomic E-state index is 12.2. The van der Waals surface area contributed by atoms with Crippen LogP contribution in [0.15, 0.2) is 0 Å². The minimum Gasteiger partial charge on any atom is -0.481 e. The van der Waals surface area contributed by atoms with Crippen molar-refractivity contribution < 1.29 is 27.9 Å². The first-order valence-corrected chi connectivity index (χ1v) is 8.19. The summed E-state index contributed by atoms with van der Waals surface area (Å²) in [6.07, 6.45) is 0.618. The van der Waals surface area contributed by atoms with Crippen molar-refractivity contribution in [1.29, 1.82) is 0 Å². The summed E-state index contributed by atoms with van der Waals surface area (Å²) >= 11 is 0. The Labute approximate surface area is 121 Å². The first-order valence-electron chi connectivity index (χ1n) is 6.58. The zero-order chi connectivity index (χ0) is 15.7. The molecule has 1 spiro atoms. The van der Waals surface area contributed by atoms with Crippen molar-refractivity contribution >= 4 is 27.9 Å². The van der Waals surface area contributed by atoms with Gasteiger partial charge in [0, 0.05) is 19.5 Å². The molecular formula is C11H17N3O6S. The summed E-state index contributed by atoms with van der Waals surface area (Å²) in [6, 6.07) is -0.620. The number of carbonyl (C=O) groups is 3. The van der Waals surface area contributed by atoms with Crippen molar-refractivity contribution in [2.24, 2.45) is 0 Å². The Morgan fingerprint density at radius 3 is 2.67 bits per heavy atom. The number of carbonyl (C=O) groups excluding carboxylic acids is 2. The first kappa shape index (κ1) is 15.7. The third-order valence-corrected chi connectivity index (χ3v) is 5.56. The van der Waals surface area contributed by atoms with E-state index in [1.54, 1.807) is 0 Å². The summed E-state index contributed by atoms with van der Waals surface area (Å²) in [5.41, 5.74) is -1.20. The van der Waals surface area contributed by atoms with E-state index in [4.69, 9.17) is 5.11 Å². The number of nitrogens with one attached hydrogen (secondary N) is 2. The molecule has 2 rings (SSSR count). The van der Waals surface area contributed by atoms with Gasteiger partial charge in [0.2, 0.25) is 10.0 Å². The predicted molar refractivity (Wildman–Crippen MR) is 70.9 cm³/mol. The molecule has 1 atom stereocenters. The third-order valence-electron chi connectivity index (χ3n) is 3.66. The fraction of sp³-hybridized carbons (Fsp3) is 0.727. The molecule has 0 aromatic carbocycles. The Morgan fingerprint density at radius 2 is 2.10 bits per heavy atom. The van der Waals surface area contributed by atoms with Crippen molar-refractivity contribution in [3.05, 3.63) is 0 Å². The molecule has 0 radical (unpaired) electrons. The van der Waals surface area contributed by atoms with Gasteiger partial charge in [-0.3, -0.25) is 14.9 Å². The number of nitrogens with zero attached hydrogens (tertiary/aromatic N) is 1. The number of piperidine rings is 1. The predicted octanol–water partition coefficient (Wildman–Crippen LogP) is -1.14. The molecule has 3 amide bonds. The number of amides is 3. The van der Waals surface area contributed by atoms with E-state index in [9.17, 15) is 22.8 Å². The minimum atomic E-state index is -3.64. The molecule has 2 heterocycles. The normalized spacial score (nSPS) is 26.7. The van der Waals surface area contributed by atoms with Gasteiger partial charge >= 0.3 is 12.0 Å². The molecule has 0 bridgehead atoms. The van der Waals surface area contributed by atoms with E-state index in [2.05, 4.69) is 10.6 Å². The van der Waals surface area contributed by atoms with Gasteiger partial charge in [-0.2, -0.15) is 4.31 Å². The second kappa shape index (κ2) is 5.60. The highest BCUT2D eigenvalue weighted by Crippen LogP contribution is 2.26. The van der Waals surface area contributed by atoms with E-state index in [0.29, 0.717) is 12.8 Å². The fourth-order valence-electron chi connectivity index (χ4n) is 2.60. The van der Waals surface area contributed by atoms with Crippen LogP contribution in [0.25, 0.3) is 0 Å². The van der Waals surface area contributed by atoms with Gasteiger partial charge in [0.15, 0.2) is 0 Å².